The summed E-state index contributed by atoms with van der Waals surface area (Å²) in [5.41, 5.74) is 7.20. The minimum Gasteiger partial charge on any atom is -0.368 e. The molecule has 0 radical (unpaired) electrons. The lowest BCUT2D eigenvalue weighted by atomic mass is 9.97. The van der Waals surface area contributed by atoms with Gasteiger partial charge in [0.05, 0.1) is 12.1 Å². The van der Waals surface area contributed by atoms with E-state index in [0.717, 1.165) is 23.9 Å². The van der Waals surface area contributed by atoms with E-state index in [0.29, 0.717) is 74.3 Å². The number of amides is 2. The second-order valence-electron chi connectivity index (χ2n) is 11.4. The SMILES string of the molecule is CCN1CCN(C(Cc2ccc(Cl)cc2Cl)C(=O)N2CCN(c3ccc(C(F)(F)F)cc3CCC(C)CN)CC2)C(=O)C1. The summed E-state index contributed by atoms with van der Waals surface area (Å²) < 4.78 is 40.6. The van der Waals surface area contributed by atoms with Crippen molar-refractivity contribution in [1.29, 1.82) is 0 Å². The van der Waals surface area contributed by atoms with Crippen LogP contribution in [0.2, 0.25) is 10.0 Å². The summed E-state index contributed by atoms with van der Waals surface area (Å²) in [6.07, 6.45) is -3.01. The number of benzene rings is 2. The number of nitrogens with zero attached hydrogens (tertiary/aromatic N) is 4. The summed E-state index contributed by atoms with van der Waals surface area (Å²) in [6.45, 7) is 8.25. The Bertz CT molecular complexity index is 1290. The van der Waals surface area contributed by atoms with E-state index in [1.54, 1.807) is 34.1 Å². The lowest BCUT2D eigenvalue weighted by Gasteiger charge is -2.42. The minimum atomic E-state index is -4.43. The number of piperazine rings is 2. The first-order valence-corrected chi connectivity index (χ1v) is 15.6. The molecule has 0 aromatic heterocycles. The summed E-state index contributed by atoms with van der Waals surface area (Å²) in [5.74, 6) is -0.0745. The van der Waals surface area contributed by atoms with Gasteiger partial charge in [-0.15, -0.1) is 0 Å². The smallest absolute Gasteiger partial charge is 0.368 e. The molecule has 0 bridgehead atoms. The molecular formula is C31H40Cl2F3N5O2. The highest BCUT2D eigenvalue weighted by atomic mass is 35.5. The monoisotopic (exact) mass is 641 g/mol. The normalized spacial score (nSPS) is 18.2. The highest BCUT2D eigenvalue weighted by Gasteiger charge is 2.37. The highest BCUT2D eigenvalue weighted by Crippen LogP contribution is 2.34. The van der Waals surface area contributed by atoms with E-state index in [4.69, 9.17) is 28.9 Å². The van der Waals surface area contributed by atoms with Crippen LogP contribution in [0.3, 0.4) is 0 Å². The van der Waals surface area contributed by atoms with Crippen LogP contribution in [0.4, 0.5) is 18.9 Å². The Morgan fingerprint density at radius 2 is 1.72 bits per heavy atom. The number of halogens is 5. The molecule has 2 aromatic carbocycles. The Labute approximate surface area is 261 Å². The maximum absolute atomic E-state index is 14.0. The molecule has 2 saturated heterocycles. The number of alkyl halides is 3. The maximum atomic E-state index is 14.0. The van der Waals surface area contributed by atoms with Crippen molar-refractivity contribution in [2.24, 2.45) is 11.7 Å². The predicted octanol–water partition coefficient (Wildman–Crippen LogP) is 4.96. The number of carbonyl (C=O) groups excluding carboxylic acids is 2. The largest absolute Gasteiger partial charge is 0.416 e. The van der Waals surface area contributed by atoms with Crippen molar-refractivity contribution in [3.05, 3.63) is 63.1 Å². The van der Waals surface area contributed by atoms with Gasteiger partial charge in [-0.25, -0.2) is 0 Å². The van der Waals surface area contributed by atoms with Gasteiger partial charge in [-0.3, -0.25) is 14.5 Å². The molecule has 12 heteroatoms. The van der Waals surface area contributed by atoms with Crippen LogP contribution in [0.1, 0.15) is 37.0 Å². The predicted molar refractivity (Wildman–Crippen MR) is 165 cm³/mol. The lowest BCUT2D eigenvalue weighted by Crippen LogP contribution is -2.61. The van der Waals surface area contributed by atoms with Crippen molar-refractivity contribution >= 4 is 40.7 Å². The van der Waals surface area contributed by atoms with Gasteiger partial charge in [0.25, 0.3) is 0 Å². The summed E-state index contributed by atoms with van der Waals surface area (Å²) in [6, 6.07) is 8.31. The number of aryl methyl sites for hydroxylation is 1. The summed E-state index contributed by atoms with van der Waals surface area (Å²) in [7, 11) is 0. The molecule has 2 aliphatic heterocycles. The fraction of sp³-hybridized carbons (Fsp3) is 0.548. The number of hydrogen-bond acceptors (Lipinski definition) is 5. The van der Waals surface area contributed by atoms with Crippen molar-refractivity contribution in [2.75, 3.05) is 63.8 Å². The minimum absolute atomic E-state index is 0.101. The topological polar surface area (TPSA) is 73.1 Å². The molecule has 2 heterocycles. The molecule has 2 N–H and O–H groups in total. The van der Waals surface area contributed by atoms with Gasteiger partial charge in [0.1, 0.15) is 6.04 Å². The van der Waals surface area contributed by atoms with E-state index in [1.807, 2.05) is 23.6 Å². The van der Waals surface area contributed by atoms with Crippen LogP contribution in [-0.4, -0.2) is 91.5 Å². The van der Waals surface area contributed by atoms with E-state index in [2.05, 4.69) is 0 Å². The summed E-state index contributed by atoms with van der Waals surface area (Å²) in [5, 5.41) is 0.925. The van der Waals surface area contributed by atoms with Crippen LogP contribution in [0.5, 0.6) is 0 Å². The zero-order valence-corrected chi connectivity index (χ0v) is 26.2. The second kappa shape index (κ2) is 14.5. The van der Waals surface area contributed by atoms with Crippen LogP contribution in [-0.2, 0) is 28.6 Å². The van der Waals surface area contributed by atoms with Crippen molar-refractivity contribution in [3.63, 3.8) is 0 Å². The molecule has 236 valence electrons. The fourth-order valence-corrected chi connectivity index (χ4v) is 6.22. The van der Waals surface area contributed by atoms with Gasteiger partial charge in [-0.2, -0.15) is 13.2 Å². The molecule has 0 aliphatic carbocycles. The third kappa shape index (κ3) is 8.35. The Hall–Kier alpha value is -2.53. The third-order valence-corrected chi connectivity index (χ3v) is 9.11. The van der Waals surface area contributed by atoms with Crippen molar-refractivity contribution < 1.29 is 22.8 Å². The van der Waals surface area contributed by atoms with Crippen LogP contribution in [0.15, 0.2) is 36.4 Å². The maximum Gasteiger partial charge on any atom is 0.416 e. The van der Waals surface area contributed by atoms with Gasteiger partial charge in [-0.05, 0) is 73.3 Å². The number of nitrogens with two attached hydrogens (primary N) is 1. The first-order valence-electron chi connectivity index (χ1n) is 14.8. The molecule has 2 aliphatic rings. The van der Waals surface area contributed by atoms with E-state index in [1.165, 1.54) is 6.07 Å². The number of rotatable bonds is 10. The molecule has 2 fully saturated rings. The number of hydrogen-bond donors (Lipinski definition) is 1. The summed E-state index contributed by atoms with van der Waals surface area (Å²) >= 11 is 12.6. The van der Waals surface area contributed by atoms with Crippen LogP contribution >= 0.6 is 23.2 Å². The Balaban J connectivity index is 1.52. The van der Waals surface area contributed by atoms with Crippen LogP contribution in [0, 0.1) is 5.92 Å². The zero-order chi connectivity index (χ0) is 31.3. The van der Waals surface area contributed by atoms with E-state index in [-0.39, 0.29) is 30.7 Å². The molecule has 0 spiro atoms. The van der Waals surface area contributed by atoms with Gasteiger partial charge in [-0.1, -0.05) is 43.1 Å². The van der Waals surface area contributed by atoms with E-state index in [9.17, 15) is 22.8 Å². The standard InChI is InChI=1S/C31H40Cl2F3N5O2/c1-3-38-10-15-41(29(42)20-38)28(17-22-6-8-25(32)18-26(22)33)30(43)40-13-11-39(12-14-40)27-9-7-24(31(34,35)36)16-23(27)5-4-21(2)19-37/h6-9,16,18,21,28H,3-5,10-15,17,19-20,37H2,1-2H3. The van der Waals surface area contributed by atoms with Gasteiger partial charge in [0.15, 0.2) is 0 Å². The summed E-state index contributed by atoms with van der Waals surface area (Å²) in [4.78, 5) is 34.7. The van der Waals surface area contributed by atoms with Crippen molar-refractivity contribution in [2.45, 2.75) is 45.3 Å². The number of anilines is 1. The van der Waals surface area contributed by atoms with E-state index < -0.39 is 17.8 Å². The fourth-order valence-electron chi connectivity index (χ4n) is 5.73. The molecule has 2 unspecified atom stereocenters. The molecular weight excluding hydrogens is 602 g/mol. The third-order valence-electron chi connectivity index (χ3n) is 8.52. The Morgan fingerprint density at radius 3 is 2.33 bits per heavy atom. The molecule has 2 amide bonds. The lowest BCUT2D eigenvalue weighted by molar-refractivity contribution is -0.149. The molecule has 4 rings (SSSR count). The number of carbonyl (C=O) groups is 2. The Kier molecular flexibility index (Phi) is 11.3. The molecule has 2 aromatic rings. The molecule has 7 nitrogen and oxygen atoms in total. The van der Waals surface area contributed by atoms with E-state index >= 15 is 0 Å². The van der Waals surface area contributed by atoms with Crippen LogP contribution < -0.4 is 10.6 Å². The van der Waals surface area contributed by atoms with Gasteiger partial charge in [0.2, 0.25) is 11.8 Å². The van der Waals surface area contributed by atoms with Crippen molar-refractivity contribution in [3.8, 4) is 0 Å². The number of likely N-dealkylation sites (N-methyl/N-ethyl adjacent to an activating group) is 1. The van der Waals surface area contributed by atoms with Gasteiger partial charge < -0.3 is 20.4 Å². The highest BCUT2D eigenvalue weighted by molar-refractivity contribution is 6.35. The molecule has 43 heavy (non-hydrogen) atoms. The molecule has 0 saturated carbocycles. The molecule has 2 atom stereocenters. The quantitative estimate of drug-likeness (QED) is 0.397. The average molecular weight is 643 g/mol. The first-order chi connectivity index (χ1) is 20.4. The first kappa shape index (κ1) is 33.4. The van der Waals surface area contributed by atoms with Crippen LogP contribution in [0.25, 0.3) is 0 Å². The zero-order valence-electron chi connectivity index (χ0n) is 24.7. The van der Waals surface area contributed by atoms with Crippen molar-refractivity contribution in [1.82, 2.24) is 14.7 Å². The van der Waals surface area contributed by atoms with Gasteiger partial charge >= 0.3 is 6.18 Å². The second-order valence-corrected chi connectivity index (χ2v) is 12.3. The van der Waals surface area contributed by atoms with Gasteiger partial charge in [0, 0.05) is 61.4 Å². The Morgan fingerprint density at radius 1 is 1.00 bits per heavy atom. The average Bonchev–Trinajstić information content (AvgIpc) is 2.99.